The zero-order chi connectivity index (χ0) is 15.6. The Morgan fingerprint density at radius 2 is 1.71 bits per heavy atom. The second-order valence-corrected chi connectivity index (χ2v) is 5.20. The van der Waals surface area contributed by atoms with Gasteiger partial charge >= 0.3 is 5.97 Å². The molecule has 0 unspecified atom stereocenters. The predicted octanol–water partition coefficient (Wildman–Crippen LogP) is 4.25. The van der Waals surface area contributed by atoms with Gasteiger partial charge < -0.3 is 10.4 Å². The lowest BCUT2D eigenvalue weighted by Gasteiger charge is -2.11. The number of carboxylic acids is 1. The van der Waals surface area contributed by atoms with E-state index in [1.54, 1.807) is 25.1 Å². The molecule has 0 saturated heterocycles. The second kappa shape index (κ2) is 6.16. The van der Waals surface area contributed by atoms with Crippen molar-refractivity contribution in [2.45, 2.75) is 6.92 Å². The highest BCUT2D eigenvalue weighted by Crippen LogP contribution is 2.26. The Labute approximate surface area is 131 Å². The number of anilines is 1. The van der Waals surface area contributed by atoms with Crippen molar-refractivity contribution in [3.05, 3.63) is 63.1 Å². The monoisotopic (exact) mass is 323 g/mol. The van der Waals surface area contributed by atoms with E-state index in [-0.39, 0.29) is 21.2 Å². The molecule has 0 aliphatic carbocycles. The maximum Gasteiger partial charge on any atom is 0.335 e. The van der Waals surface area contributed by atoms with E-state index in [9.17, 15) is 9.59 Å². The van der Waals surface area contributed by atoms with Crippen molar-refractivity contribution >= 4 is 40.8 Å². The fraction of sp³-hybridized carbons (Fsp3) is 0.0667. The fourth-order valence-corrected chi connectivity index (χ4v) is 2.41. The second-order valence-electron chi connectivity index (χ2n) is 4.39. The van der Waals surface area contributed by atoms with Crippen LogP contribution in [0.15, 0.2) is 36.4 Å². The van der Waals surface area contributed by atoms with Gasteiger partial charge in [0.05, 0.1) is 21.2 Å². The molecule has 0 fully saturated rings. The van der Waals surface area contributed by atoms with Crippen LogP contribution in [-0.2, 0) is 0 Å². The zero-order valence-corrected chi connectivity index (χ0v) is 12.5. The number of amides is 1. The highest BCUT2D eigenvalue weighted by molar-refractivity contribution is 6.40. The van der Waals surface area contributed by atoms with Crippen molar-refractivity contribution in [3.8, 4) is 0 Å². The van der Waals surface area contributed by atoms with Crippen molar-refractivity contribution in [3.63, 3.8) is 0 Å². The minimum absolute atomic E-state index is 0.154. The van der Waals surface area contributed by atoms with Crippen LogP contribution in [0.2, 0.25) is 10.0 Å². The molecule has 2 aromatic carbocycles. The summed E-state index contributed by atoms with van der Waals surface area (Å²) in [4.78, 5) is 23.1. The van der Waals surface area contributed by atoms with E-state index in [0.717, 1.165) is 0 Å². The normalized spacial score (nSPS) is 10.2. The number of benzene rings is 2. The van der Waals surface area contributed by atoms with Gasteiger partial charge in [0.25, 0.3) is 5.91 Å². The Morgan fingerprint density at radius 3 is 2.24 bits per heavy atom. The number of carboxylic acid groups (broad SMARTS) is 1. The van der Waals surface area contributed by atoms with E-state index in [1.165, 1.54) is 18.2 Å². The molecule has 4 nitrogen and oxygen atoms in total. The SMILES string of the molecule is Cc1cc(C(=O)O)ccc1NC(=O)c1c(Cl)cccc1Cl. The van der Waals surface area contributed by atoms with Crippen LogP contribution in [0, 0.1) is 6.92 Å². The van der Waals surface area contributed by atoms with Gasteiger partial charge in [-0.3, -0.25) is 4.79 Å². The maximum atomic E-state index is 12.2. The average Bonchev–Trinajstić information content (AvgIpc) is 2.40. The minimum atomic E-state index is -1.02. The molecule has 0 spiro atoms. The molecular weight excluding hydrogens is 313 g/mol. The number of rotatable bonds is 3. The Morgan fingerprint density at radius 1 is 1.10 bits per heavy atom. The van der Waals surface area contributed by atoms with Crippen molar-refractivity contribution in [1.82, 2.24) is 0 Å². The Balaban J connectivity index is 2.30. The summed E-state index contributed by atoms with van der Waals surface area (Å²) in [5.74, 6) is -1.47. The summed E-state index contributed by atoms with van der Waals surface area (Å²) in [5.41, 5.74) is 1.47. The Bertz CT molecular complexity index is 709. The largest absolute Gasteiger partial charge is 0.478 e. The molecule has 0 saturated carbocycles. The van der Waals surface area contributed by atoms with Gasteiger partial charge in [-0.05, 0) is 42.8 Å². The van der Waals surface area contributed by atoms with E-state index in [4.69, 9.17) is 28.3 Å². The molecule has 2 rings (SSSR count). The number of nitrogens with one attached hydrogen (secondary N) is 1. The van der Waals surface area contributed by atoms with Crippen molar-refractivity contribution in [1.29, 1.82) is 0 Å². The molecule has 21 heavy (non-hydrogen) atoms. The van der Waals surface area contributed by atoms with Gasteiger partial charge in [0.15, 0.2) is 0 Å². The quantitative estimate of drug-likeness (QED) is 0.887. The summed E-state index contributed by atoms with van der Waals surface area (Å²) >= 11 is 11.9. The first-order valence-electron chi connectivity index (χ1n) is 5.99. The van der Waals surface area contributed by atoms with Gasteiger partial charge in [0.1, 0.15) is 0 Å². The molecule has 0 heterocycles. The first-order valence-corrected chi connectivity index (χ1v) is 6.75. The topological polar surface area (TPSA) is 66.4 Å². The fourth-order valence-electron chi connectivity index (χ4n) is 1.84. The third kappa shape index (κ3) is 3.35. The third-order valence-corrected chi connectivity index (χ3v) is 3.54. The number of halogens is 2. The van der Waals surface area contributed by atoms with E-state index in [0.29, 0.717) is 11.3 Å². The van der Waals surface area contributed by atoms with Gasteiger partial charge in [0, 0.05) is 5.69 Å². The van der Waals surface area contributed by atoms with Gasteiger partial charge in [-0.2, -0.15) is 0 Å². The van der Waals surface area contributed by atoms with Crippen LogP contribution < -0.4 is 5.32 Å². The summed E-state index contributed by atoms with van der Waals surface area (Å²) in [6.45, 7) is 1.70. The number of hydrogen-bond donors (Lipinski definition) is 2. The lowest BCUT2D eigenvalue weighted by Crippen LogP contribution is -2.14. The van der Waals surface area contributed by atoms with Gasteiger partial charge in [-0.1, -0.05) is 29.3 Å². The first-order chi connectivity index (χ1) is 9.90. The molecule has 1 amide bonds. The van der Waals surface area contributed by atoms with E-state index in [1.807, 2.05) is 0 Å². The van der Waals surface area contributed by atoms with Crippen LogP contribution in [0.5, 0.6) is 0 Å². The lowest BCUT2D eigenvalue weighted by molar-refractivity contribution is 0.0696. The molecule has 0 aliphatic heterocycles. The van der Waals surface area contributed by atoms with Crippen LogP contribution in [0.1, 0.15) is 26.3 Å². The molecule has 0 aromatic heterocycles. The summed E-state index contributed by atoms with van der Waals surface area (Å²) in [6, 6.07) is 9.21. The third-order valence-electron chi connectivity index (χ3n) is 2.91. The number of carbonyl (C=O) groups excluding carboxylic acids is 1. The smallest absolute Gasteiger partial charge is 0.335 e. The van der Waals surface area contributed by atoms with Crippen LogP contribution in [0.25, 0.3) is 0 Å². The van der Waals surface area contributed by atoms with Gasteiger partial charge in [-0.25, -0.2) is 4.79 Å². The summed E-state index contributed by atoms with van der Waals surface area (Å²) in [6.07, 6.45) is 0. The molecule has 0 radical (unpaired) electrons. The standard InChI is InChI=1S/C15H11Cl2NO3/c1-8-7-9(15(20)21)5-6-12(8)18-14(19)13-10(16)3-2-4-11(13)17/h2-7H,1H3,(H,18,19)(H,20,21). The number of aryl methyl sites for hydroxylation is 1. The minimum Gasteiger partial charge on any atom is -0.478 e. The molecular formula is C15H11Cl2NO3. The zero-order valence-electron chi connectivity index (χ0n) is 11.0. The Kier molecular flexibility index (Phi) is 4.50. The first kappa shape index (κ1) is 15.4. The summed E-state index contributed by atoms with van der Waals surface area (Å²) in [5, 5.41) is 12.1. The molecule has 0 bridgehead atoms. The van der Waals surface area contributed by atoms with Gasteiger partial charge in [-0.15, -0.1) is 0 Å². The van der Waals surface area contributed by atoms with Crippen LogP contribution in [-0.4, -0.2) is 17.0 Å². The van der Waals surface area contributed by atoms with E-state index in [2.05, 4.69) is 5.32 Å². The number of hydrogen-bond acceptors (Lipinski definition) is 2. The summed E-state index contributed by atoms with van der Waals surface area (Å²) < 4.78 is 0. The van der Waals surface area contributed by atoms with Crippen LogP contribution in [0.3, 0.4) is 0 Å². The van der Waals surface area contributed by atoms with Crippen molar-refractivity contribution in [2.24, 2.45) is 0 Å². The van der Waals surface area contributed by atoms with Crippen molar-refractivity contribution in [2.75, 3.05) is 5.32 Å². The highest BCUT2D eigenvalue weighted by Gasteiger charge is 2.16. The van der Waals surface area contributed by atoms with E-state index >= 15 is 0 Å². The van der Waals surface area contributed by atoms with Gasteiger partial charge in [0.2, 0.25) is 0 Å². The maximum absolute atomic E-state index is 12.2. The van der Waals surface area contributed by atoms with Crippen LogP contribution >= 0.6 is 23.2 Å². The molecule has 6 heteroatoms. The molecule has 0 aliphatic rings. The van der Waals surface area contributed by atoms with Crippen molar-refractivity contribution < 1.29 is 14.7 Å². The predicted molar refractivity (Wildman–Crippen MR) is 82.6 cm³/mol. The summed E-state index contributed by atoms with van der Waals surface area (Å²) in [7, 11) is 0. The molecule has 0 atom stereocenters. The lowest BCUT2D eigenvalue weighted by atomic mass is 10.1. The molecule has 2 N–H and O–H groups in total. The Hall–Kier alpha value is -2.04. The molecule has 108 valence electrons. The molecule has 2 aromatic rings. The van der Waals surface area contributed by atoms with E-state index < -0.39 is 11.9 Å². The average molecular weight is 324 g/mol. The number of carbonyl (C=O) groups is 2. The van der Waals surface area contributed by atoms with Crippen LogP contribution in [0.4, 0.5) is 5.69 Å². The highest BCUT2D eigenvalue weighted by atomic mass is 35.5. The number of aromatic carboxylic acids is 1.